The Hall–Kier alpha value is -1.46. The lowest BCUT2D eigenvalue weighted by Gasteiger charge is -2.43. The van der Waals surface area contributed by atoms with Gasteiger partial charge in [0.25, 0.3) is 0 Å². The molecule has 2 aliphatic rings. The molecule has 2 heterocycles. The second-order valence-electron chi connectivity index (χ2n) is 7.63. The van der Waals surface area contributed by atoms with Gasteiger partial charge in [0.1, 0.15) is 5.82 Å². The predicted molar refractivity (Wildman–Crippen MR) is 103 cm³/mol. The van der Waals surface area contributed by atoms with Crippen molar-refractivity contribution >= 4 is 12.2 Å². The second kappa shape index (κ2) is 7.42. The molecular weight excluding hydrogens is 328 g/mol. The highest BCUT2D eigenvalue weighted by Crippen LogP contribution is 2.35. The molecule has 4 nitrogen and oxygen atoms in total. The van der Waals surface area contributed by atoms with Crippen molar-refractivity contribution < 1.29 is 0 Å². The van der Waals surface area contributed by atoms with Gasteiger partial charge in [0.2, 0.25) is 0 Å². The first kappa shape index (κ1) is 17.0. The van der Waals surface area contributed by atoms with Gasteiger partial charge in [-0.15, -0.1) is 0 Å². The lowest BCUT2D eigenvalue weighted by Crippen LogP contribution is -2.47. The van der Waals surface area contributed by atoms with Crippen molar-refractivity contribution in [2.75, 3.05) is 6.54 Å². The molecule has 134 valence electrons. The highest BCUT2D eigenvalue weighted by Gasteiger charge is 2.33. The Kier molecular flexibility index (Phi) is 5.04. The summed E-state index contributed by atoms with van der Waals surface area (Å²) in [6.07, 6.45) is 9.12. The first-order valence-corrected chi connectivity index (χ1v) is 10.0. The van der Waals surface area contributed by atoms with E-state index >= 15 is 0 Å². The van der Waals surface area contributed by atoms with Crippen LogP contribution in [0.4, 0.5) is 0 Å². The van der Waals surface area contributed by atoms with Crippen LogP contribution >= 0.6 is 12.2 Å². The Bertz CT molecular complexity index is 762. The van der Waals surface area contributed by atoms with Crippen molar-refractivity contribution in [2.45, 2.75) is 57.7 Å². The highest BCUT2D eigenvalue weighted by molar-refractivity contribution is 7.71. The van der Waals surface area contributed by atoms with Crippen LogP contribution in [0.15, 0.2) is 30.3 Å². The van der Waals surface area contributed by atoms with Crippen LogP contribution < -0.4 is 0 Å². The summed E-state index contributed by atoms with van der Waals surface area (Å²) in [6, 6.07) is 11.3. The third-order valence-corrected chi connectivity index (χ3v) is 6.49. The molecular formula is C20H28N4S. The minimum absolute atomic E-state index is 0.740. The summed E-state index contributed by atoms with van der Waals surface area (Å²) in [5.74, 6) is 1.94. The largest absolute Gasteiger partial charge is 0.307 e. The van der Waals surface area contributed by atoms with Crippen molar-refractivity contribution in [1.29, 1.82) is 0 Å². The molecule has 1 aromatic carbocycles. The molecule has 2 fully saturated rings. The topological polar surface area (TPSA) is 26.0 Å². The Morgan fingerprint density at radius 2 is 1.84 bits per heavy atom. The van der Waals surface area contributed by atoms with Gasteiger partial charge in [-0.05, 0) is 49.4 Å². The standard InChI is InChI=1S/C20H28N4S/c1-22-19(14-16-8-3-2-4-9-16)21-24(20(22)25)15-23-13-7-11-17-10-5-6-12-18(17)23/h2-4,8-9,17-18H,5-7,10-15H2,1H3/t17-,18-/m0/s1. The molecule has 1 saturated carbocycles. The molecule has 4 rings (SSSR count). The van der Waals surface area contributed by atoms with Crippen molar-refractivity contribution in [3.05, 3.63) is 46.5 Å². The van der Waals surface area contributed by atoms with Gasteiger partial charge >= 0.3 is 0 Å². The van der Waals surface area contributed by atoms with Crippen molar-refractivity contribution in [3.8, 4) is 0 Å². The van der Waals surface area contributed by atoms with Crippen LogP contribution in [0.3, 0.4) is 0 Å². The van der Waals surface area contributed by atoms with Crippen LogP contribution in [0.1, 0.15) is 49.9 Å². The quantitative estimate of drug-likeness (QED) is 0.770. The Balaban J connectivity index is 1.52. The molecule has 1 aliphatic carbocycles. The SMILES string of the molecule is Cn1c(Cc2ccccc2)nn(CN2CCC[C@@H]3CCCC[C@@H]32)c1=S. The van der Waals surface area contributed by atoms with Gasteiger partial charge in [-0.2, -0.15) is 5.10 Å². The average molecular weight is 357 g/mol. The van der Waals surface area contributed by atoms with Crippen molar-refractivity contribution in [1.82, 2.24) is 19.2 Å². The average Bonchev–Trinajstić information content (AvgIpc) is 2.91. The minimum Gasteiger partial charge on any atom is -0.307 e. The molecule has 1 saturated heterocycles. The summed E-state index contributed by atoms with van der Waals surface area (Å²) in [5, 5.41) is 4.87. The van der Waals surface area contributed by atoms with Gasteiger partial charge in [-0.3, -0.25) is 4.90 Å². The maximum atomic E-state index is 5.68. The maximum Gasteiger partial charge on any atom is 0.198 e. The monoisotopic (exact) mass is 356 g/mol. The molecule has 1 aromatic heterocycles. The third-order valence-electron chi connectivity index (χ3n) is 6.01. The molecule has 0 spiro atoms. The molecule has 0 amide bonds. The summed E-state index contributed by atoms with van der Waals surface area (Å²) in [6.45, 7) is 2.04. The molecule has 0 radical (unpaired) electrons. The van der Waals surface area contributed by atoms with E-state index in [0.717, 1.165) is 35.6 Å². The van der Waals surface area contributed by atoms with Crippen LogP contribution in [0, 0.1) is 10.7 Å². The van der Waals surface area contributed by atoms with E-state index in [1.165, 1.54) is 50.6 Å². The number of fused-ring (bicyclic) bond motifs is 1. The van der Waals surface area contributed by atoms with E-state index in [1.54, 1.807) is 0 Å². The lowest BCUT2D eigenvalue weighted by atomic mass is 9.78. The molecule has 1 aliphatic heterocycles. The number of aromatic nitrogens is 3. The van der Waals surface area contributed by atoms with E-state index in [9.17, 15) is 0 Å². The van der Waals surface area contributed by atoms with E-state index in [1.807, 2.05) is 11.7 Å². The van der Waals surface area contributed by atoms with E-state index in [0.29, 0.717) is 0 Å². The fraction of sp³-hybridized carbons (Fsp3) is 0.600. The fourth-order valence-electron chi connectivity index (χ4n) is 4.63. The predicted octanol–water partition coefficient (Wildman–Crippen LogP) is 4.15. The highest BCUT2D eigenvalue weighted by atomic mass is 32.1. The summed E-state index contributed by atoms with van der Waals surface area (Å²) in [7, 11) is 2.05. The van der Waals surface area contributed by atoms with E-state index in [4.69, 9.17) is 17.3 Å². The smallest absolute Gasteiger partial charge is 0.198 e. The van der Waals surface area contributed by atoms with Crippen LogP contribution in [-0.4, -0.2) is 31.8 Å². The molecule has 0 unspecified atom stereocenters. The van der Waals surface area contributed by atoms with Gasteiger partial charge in [0.15, 0.2) is 4.77 Å². The Morgan fingerprint density at radius 3 is 2.68 bits per heavy atom. The summed E-state index contributed by atoms with van der Waals surface area (Å²) < 4.78 is 4.96. The number of rotatable bonds is 4. The van der Waals surface area contributed by atoms with Crippen molar-refractivity contribution in [2.24, 2.45) is 13.0 Å². The molecule has 2 atom stereocenters. The lowest BCUT2D eigenvalue weighted by molar-refractivity contribution is 0.0322. The van der Waals surface area contributed by atoms with Crippen LogP contribution in [0.5, 0.6) is 0 Å². The van der Waals surface area contributed by atoms with E-state index < -0.39 is 0 Å². The zero-order chi connectivity index (χ0) is 17.2. The maximum absolute atomic E-state index is 5.68. The van der Waals surface area contributed by atoms with Crippen molar-refractivity contribution in [3.63, 3.8) is 0 Å². The van der Waals surface area contributed by atoms with E-state index in [-0.39, 0.29) is 0 Å². The number of nitrogens with zero attached hydrogens (tertiary/aromatic N) is 4. The van der Waals surface area contributed by atoms with Gasteiger partial charge < -0.3 is 4.57 Å². The number of hydrogen-bond donors (Lipinski definition) is 0. The normalized spacial score (nSPS) is 24.2. The first-order valence-electron chi connectivity index (χ1n) is 9.63. The molecule has 5 heteroatoms. The number of likely N-dealkylation sites (tertiary alicyclic amines) is 1. The number of benzene rings is 1. The zero-order valence-electron chi connectivity index (χ0n) is 15.1. The number of piperidine rings is 1. The second-order valence-corrected chi connectivity index (χ2v) is 7.99. The molecule has 2 aromatic rings. The summed E-state index contributed by atoms with van der Waals surface area (Å²) in [4.78, 5) is 2.64. The zero-order valence-corrected chi connectivity index (χ0v) is 15.9. The van der Waals surface area contributed by atoms with Gasteiger partial charge in [0, 0.05) is 26.1 Å². The van der Waals surface area contributed by atoms with Gasteiger partial charge in [-0.25, -0.2) is 4.68 Å². The van der Waals surface area contributed by atoms with Crippen LogP contribution in [0.25, 0.3) is 0 Å². The molecule has 0 bridgehead atoms. The van der Waals surface area contributed by atoms with Crippen LogP contribution in [0.2, 0.25) is 0 Å². The first-order chi connectivity index (χ1) is 12.2. The van der Waals surface area contributed by atoms with Gasteiger partial charge in [0.05, 0.1) is 6.67 Å². The molecule has 0 N–H and O–H groups in total. The third kappa shape index (κ3) is 3.58. The molecule has 25 heavy (non-hydrogen) atoms. The summed E-state index contributed by atoms with van der Waals surface area (Å²) >= 11 is 5.68. The Labute approximate surface area is 155 Å². The minimum atomic E-state index is 0.740. The fourth-order valence-corrected chi connectivity index (χ4v) is 4.84. The van der Waals surface area contributed by atoms with Crippen LogP contribution in [-0.2, 0) is 20.1 Å². The number of hydrogen-bond acceptors (Lipinski definition) is 3. The van der Waals surface area contributed by atoms with E-state index in [2.05, 4.69) is 39.8 Å². The summed E-state index contributed by atoms with van der Waals surface area (Å²) in [5.41, 5.74) is 1.28. The van der Waals surface area contributed by atoms with Gasteiger partial charge in [-0.1, -0.05) is 43.2 Å². The Morgan fingerprint density at radius 1 is 1.08 bits per heavy atom.